The van der Waals surface area contributed by atoms with Crippen molar-refractivity contribution < 1.29 is 0 Å². The zero-order valence-electron chi connectivity index (χ0n) is 12.8. The number of hydrogen-bond acceptors (Lipinski definition) is 3. The Bertz CT molecular complexity index is 586. The molecule has 0 saturated heterocycles. The van der Waals surface area contributed by atoms with Crippen molar-refractivity contribution in [3.05, 3.63) is 70.1 Å². The standard InChI is InChI=1S/C17H23N3O/c1-13(18-11-14-9-10-16(21)19-12-14)17(20(2)3)15-7-5-4-6-8-15/h4-10,12-13,17-18H,11H2,1-3H3,(H,19,21)/t13-,17+/m0/s1. The minimum Gasteiger partial charge on any atom is -0.329 e. The minimum atomic E-state index is -0.0674. The van der Waals surface area contributed by atoms with Crippen LogP contribution >= 0.6 is 0 Å². The first-order valence-electron chi connectivity index (χ1n) is 7.20. The summed E-state index contributed by atoms with van der Waals surface area (Å²) in [4.78, 5) is 16.0. The van der Waals surface area contributed by atoms with E-state index in [2.05, 4.69) is 60.5 Å². The molecule has 1 heterocycles. The Hall–Kier alpha value is -1.91. The zero-order chi connectivity index (χ0) is 15.2. The van der Waals surface area contributed by atoms with Gasteiger partial charge in [-0.2, -0.15) is 0 Å². The number of nitrogens with one attached hydrogen (secondary N) is 2. The van der Waals surface area contributed by atoms with Gasteiger partial charge in [-0.15, -0.1) is 0 Å². The molecule has 4 nitrogen and oxygen atoms in total. The summed E-state index contributed by atoms with van der Waals surface area (Å²) in [6.45, 7) is 2.92. The average molecular weight is 285 g/mol. The van der Waals surface area contributed by atoms with E-state index in [4.69, 9.17) is 0 Å². The molecule has 2 rings (SSSR count). The highest BCUT2D eigenvalue weighted by Gasteiger charge is 2.20. The highest BCUT2D eigenvalue weighted by molar-refractivity contribution is 5.20. The van der Waals surface area contributed by atoms with Gasteiger partial charge in [0.25, 0.3) is 0 Å². The molecule has 1 aromatic heterocycles. The smallest absolute Gasteiger partial charge is 0.247 e. The second-order valence-corrected chi connectivity index (χ2v) is 5.55. The summed E-state index contributed by atoms with van der Waals surface area (Å²) in [7, 11) is 4.19. The number of rotatable bonds is 6. The summed E-state index contributed by atoms with van der Waals surface area (Å²) < 4.78 is 0. The normalized spacial score (nSPS) is 14.1. The van der Waals surface area contributed by atoms with Crippen molar-refractivity contribution >= 4 is 0 Å². The van der Waals surface area contributed by atoms with Gasteiger partial charge < -0.3 is 15.2 Å². The summed E-state index contributed by atoms with van der Waals surface area (Å²) in [5.74, 6) is 0. The Morgan fingerprint density at radius 1 is 1.14 bits per heavy atom. The third-order valence-corrected chi connectivity index (χ3v) is 3.65. The second-order valence-electron chi connectivity index (χ2n) is 5.55. The lowest BCUT2D eigenvalue weighted by atomic mass is 9.99. The molecule has 2 aromatic rings. The highest BCUT2D eigenvalue weighted by Crippen LogP contribution is 2.21. The SMILES string of the molecule is C[C@H](NCc1ccc(=O)[nH]c1)[C@H](c1ccccc1)N(C)C. The van der Waals surface area contributed by atoms with Crippen LogP contribution in [0, 0.1) is 0 Å². The van der Waals surface area contributed by atoms with E-state index in [1.807, 2.05) is 12.1 Å². The van der Waals surface area contributed by atoms with Crippen LogP contribution in [-0.4, -0.2) is 30.0 Å². The summed E-state index contributed by atoms with van der Waals surface area (Å²) in [5, 5.41) is 3.53. The molecule has 1 aromatic carbocycles. The molecule has 0 aliphatic rings. The molecular weight excluding hydrogens is 262 g/mol. The number of H-pyrrole nitrogens is 1. The number of likely N-dealkylation sites (N-methyl/N-ethyl adjacent to an activating group) is 1. The Labute approximate surface area is 125 Å². The first kappa shape index (κ1) is 15.5. The van der Waals surface area contributed by atoms with Gasteiger partial charge in [0.2, 0.25) is 5.56 Å². The third-order valence-electron chi connectivity index (χ3n) is 3.65. The van der Waals surface area contributed by atoms with Crippen LogP contribution in [0.15, 0.2) is 53.5 Å². The van der Waals surface area contributed by atoms with Gasteiger partial charge in [0.1, 0.15) is 0 Å². The van der Waals surface area contributed by atoms with Crippen LogP contribution in [0.25, 0.3) is 0 Å². The Kier molecular flexibility index (Phi) is 5.31. The molecule has 2 N–H and O–H groups in total. The molecule has 0 aliphatic carbocycles. The first-order chi connectivity index (χ1) is 10.1. The largest absolute Gasteiger partial charge is 0.329 e. The van der Waals surface area contributed by atoms with Gasteiger partial charge in [0, 0.05) is 30.9 Å². The molecule has 4 heteroatoms. The lowest BCUT2D eigenvalue weighted by Gasteiger charge is -2.31. The van der Waals surface area contributed by atoms with Crippen molar-refractivity contribution in [3.63, 3.8) is 0 Å². The summed E-state index contributed by atoms with van der Waals surface area (Å²) in [6.07, 6.45) is 1.76. The second kappa shape index (κ2) is 7.20. The maximum atomic E-state index is 11.1. The third kappa shape index (κ3) is 4.28. The number of pyridine rings is 1. The van der Waals surface area contributed by atoms with Gasteiger partial charge in [-0.1, -0.05) is 36.4 Å². The molecule has 0 spiro atoms. The van der Waals surface area contributed by atoms with E-state index in [0.717, 1.165) is 12.1 Å². The van der Waals surface area contributed by atoms with E-state index in [1.165, 1.54) is 5.56 Å². The molecule has 0 aliphatic heterocycles. The van der Waals surface area contributed by atoms with Crippen LogP contribution in [0.4, 0.5) is 0 Å². The van der Waals surface area contributed by atoms with Gasteiger partial charge in [-0.3, -0.25) is 4.79 Å². The number of aromatic amines is 1. The average Bonchev–Trinajstić information content (AvgIpc) is 2.47. The van der Waals surface area contributed by atoms with Gasteiger partial charge in [0.05, 0.1) is 0 Å². The Balaban J connectivity index is 2.04. The van der Waals surface area contributed by atoms with Crippen LogP contribution in [0.3, 0.4) is 0 Å². The zero-order valence-corrected chi connectivity index (χ0v) is 12.8. The number of nitrogens with zero attached hydrogens (tertiary/aromatic N) is 1. The van der Waals surface area contributed by atoms with Gasteiger partial charge in [-0.25, -0.2) is 0 Å². The summed E-state index contributed by atoms with van der Waals surface area (Å²) >= 11 is 0. The van der Waals surface area contributed by atoms with Crippen LogP contribution in [0.2, 0.25) is 0 Å². The van der Waals surface area contributed by atoms with Crippen molar-refractivity contribution in [1.82, 2.24) is 15.2 Å². The van der Waals surface area contributed by atoms with Crippen molar-refractivity contribution in [3.8, 4) is 0 Å². The van der Waals surface area contributed by atoms with E-state index in [-0.39, 0.29) is 11.6 Å². The van der Waals surface area contributed by atoms with Crippen molar-refractivity contribution in [2.24, 2.45) is 0 Å². The molecule has 0 saturated carbocycles. The van der Waals surface area contributed by atoms with Crippen LogP contribution in [0.5, 0.6) is 0 Å². The van der Waals surface area contributed by atoms with Crippen LogP contribution in [0.1, 0.15) is 24.1 Å². The highest BCUT2D eigenvalue weighted by atomic mass is 16.1. The van der Waals surface area contributed by atoms with Crippen LogP contribution in [-0.2, 0) is 6.54 Å². The molecule has 0 fully saturated rings. The quantitative estimate of drug-likeness (QED) is 0.855. The molecule has 21 heavy (non-hydrogen) atoms. The van der Waals surface area contributed by atoms with E-state index in [0.29, 0.717) is 6.04 Å². The topological polar surface area (TPSA) is 48.1 Å². The fourth-order valence-electron chi connectivity index (χ4n) is 2.63. The lowest BCUT2D eigenvalue weighted by Crippen LogP contribution is -2.39. The summed E-state index contributed by atoms with van der Waals surface area (Å²) in [5.41, 5.74) is 2.30. The molecule has 112 valence electrons. The molecule has 0 radical (unpaired) electrons. The predicted octanol–water partition coefficient (Wildman–Crippen LogP) is 2.16. The monoisotopic (exact) mass is 285 g/mol. The van der Waals surface area contributed by atoms with E-state index in [1.54, 1.807) is 12.3 Å². The van der Waals surface area contributed by atoms with Gasteiger partial charge in [0.15, 0.2) is 0 Å². The van der Waals surface area contributed by atoms with Crippen molar-refractivity contribution in [1.29, 1.82) is 0 Å². The van der Waals surface area contributed by atoms with Crippen LogP contribution < -0.4 is 10.9 Å². The number of aromatic nitrogens is 1. The van der Waals surface area contributed by atoms with E-state index < -0.39 is 0 Å². The maximum Gasteiger partial charge on any atom is 0.247 e. The molecule has 0 unspecified atom stereocenters. The van der Waals surface area contributed by atoms with Crippen molar-refractivity contribution in [2.45, 2.75) is 25.6 Å². The van der Waals surface area contributed by atoms with E-state index >= 15 is 0 Å². The molecule has 2 atom stereocenters. The number of benzene rings is 1. The summed E-state index contributed by atoms with van der Waals surface area (Å²) in [6, 6.07) is 14.5. The fourth-order valence-corrected chi connectivity index (χ4v) is 2.63. The molecular formula is C17H23N3O. The van der Waals surface area contributed by atoms with E-state index in [9.17, 15) is 4.79 Å². The first-order valence-corrected chi connectivity index (χ1v) is 7.20. The lowest BCUT2D eigenvalue weighted by molar-refractivity contribution is 0.239. The Morgan fingerprint density at radius 3 is 2.43 bits per heavy atom. The van der Waals surface area contributed by atoms with Crippen molar-refractivity contribution in [2.75, 3.05) is 14.1 Å². The number of hydrogen-bond donors (Lipinski definition) is 2. The van der Waals surface area contributed by atoms with Gasteiger partial charge >= 0.3 is 0 Å². The minimum absolute atomic E-state index is 0.0674. The predicted molar refractivity (Wildman–Crippen MR) is 86.2 cm³/mol. The fraction of sp³-hybridized carbons (Fsp3) is 0.353. The molecule has 0 bridgehead atoms. The maximum absolute atomic E-state index is 11.1. The Morgan fingerprint density at radius 2 is 1.86 bits per heavy atom. The molecule has 0 amide bonds. The van der Waals surface area contributed by atoms with Gasteiger partial charge in [-0.05, 0) is 32.1 Å².